The molecule has 0 fully saturated rings. The van der Waals surface area contributed by atoms with Gasteiger partial charge < -0.3 is 10.4 Å². The first-order chi connectivity index (χ1) is 8.26. The van der Waals surface area contributed by atoms with Crippen molar-refractivity contribution in [2.75, 3.05) is 31.6 Å². The Labute approximate surface area is 102 Å². The van der Waals surface area contributed by atoms with Crippen LogP contribution in [-0.4, -0.2) is 42.2 Å². The summed E-state index contributed by atoms with van der Waals surface area (Å²) >= 11 is 0. The number of nitrogens with one attached hydrogen (secondary N) is 1. The molecule has 17 heavy (non-hydrogen) atoms. The molecule has 1 amide bonds. The smallest absolute Gasteiger partial charge is 0.238 e. The average Bonchev–Trinajstić information content (AvgIpc) is 2.35. The van der Waals surface area contributed by atoms with E-state index in [4.69, 9.17) is 5.11 Å². The van der Waals surface area contributed by atoms with Gasteiger partial charge in [0, 0.05) is 18.8 Å². The molecule has 2 N–H and O–H groups in total. The number of likely N-dealkylation sites (N-methyl/N-ethyl adjacent to an activating group) is 1. The van der Waals surface area contributed by atoms with Crippen LogP contribution in [0.1, 0.15) is 13.3 Å². The van der Waals surface area contributed by atoms with E-state index in [0.29, 0.717) is 13.0 Å². The van der Waals surface area contributed by atoms with Gasteiger partial charge in [-0.25, -0.2) is 0 Å². The van der Waals surface area contributed by atoms with Crippen molar-refractivity contribution in [3.05, 3.63) is 30.3 Å². The molecule has 94 valence electrons. The molecule has 1 aromatic rings. The van der Waals surface area contributed by atoms with E-state index in [1.807, 2.05) is 42.2 Å². The van der Waals surface area contributed by atoms with Crippen LogP contribution in [0.15, 0.2) is 30.3 Å². The third-order valence-corrected chi connectivity index (χ3v) is 2.50. The van der Waals surface area contributed by atoms with Gasteiger partial charge in [0.25, 0.3) is 0 Å². The molecule has 0 heterocycles. The normalized spacial score (nSPS) is 10.5. The zero-order chi connectivity index (χ0) is 12.5. The van der Waals surface area contributed by atoms with Crippen molar-refractivity contribution in [1.29, 1.82) is 0 Å². The van der Waals surface area contributed by atoms with E-state index in [9.17, 15) is 4.79 Å². The van der Waals surface area contributed by atoms with Crippen molar-refractivity contribution in [1.82, 2.24) is 4.90 Å². The van der Waals surface area contributed by atoms with Gasteiger partial charge in [0.15, 0.2) is 0 Å². The third kappa shape index (κ3) is 5.47. The minimum Gasteiger partial charge on any atom is -0.396 e. The predicted molar refractivity (Wildman–Crippen MR) is 68.9 cm³/mol. The van der Waals surface area contributed by atoms with Crippen LogP contribution in [0.5, 0.6) is 0 Å². The summed E-state index contributed by atoms with van der Waals surface area (Å²) in [6, 6.07) is 9.41. The number of aliphatic hydroxyl groups excluding tert-OH is 1. The topological polar surface area (TPSA) is 52.6 Å². The van der Waals surface area contributed by atoms with Crippen LogP contribution in [0.25, 0.3) is 0 Å². The molecule has 0 radical (unpaired) electrons. The van der Waals surface area contributed by atoms with Crippen molar-refractivity contribution in [2.45, 2.75) is 13.3 Å². The van der Waals surface area contributed by atoms with E-state index in [-0.39, 0.29) is 12.5 Å². The first kappa shape index (κ1) is 13.7. The second-order valence-electron chi connectivity index (χ2n) is 3.86. The van der Waals surface area contributed by atoms with E-state index >= 15 is 0 Å². The number of hydrogen-bond acceptors (Lipinski definition) is 3. The van der Waals surface area contributed by atoms with Crippen molar-refractivity contribution in [2.24, 2.45) is 0 Å². The highest BCUT2D eigenvalue weighted by Gasteiger charge is 2.08. The molecule has 0 saturated carbocycles. The Kier molecular flexibility index (Phi) is 6.29. The Morgan fingerprint density at radius 2 is 2.06 bits per heavy atom. The molecule has 0 aliphatic carbocycles. The standard InChI is InChI=1S/C13H20N2O2/c1-2-15(9-6-10-16)11-13(17)14-12-7-4-3-5-8-12/h3-5,7-8,16H,2,6,9-11H2,1H3,(H,14,17). The quantitative estimate of drug-likeness (QED) is 0.751. The van der Waals surface area contributed by atoms with Gasteiger partial charge in [-0.2, -0.15) is 0 Å². The highest BCUT2D eigenvalue weighted by molar-refractivity contribution is 5.92. The second-order valence-corrected chi connectivity index (χ2v) is 3.86. The number of amides is 1. The van der Waals surface area contributed by atoms with Crippen LogP contribution in [0.2, 0.25) is 0 Å². The van der Waals surface area contributed by atoms with Crippen LogP contribution < -0.4 is 5.32 Å². The number of carbonyl (C=O) groups excluding carboxylic acids is 1. The van der Waals surface area contributed by atoms with Crippen molar-refractivity contribution in [3.63, 3.8) is 0 Å². The van der Waals surface area contributed by atoms with Crippen LogP contribution >= 0.6 is 0 Å². The van der Waals surface area contributed by atoms with Crippen molar-refractivity contribution < 1.29 is 9.90 Å². The molecular formula is C13H20N2O2. The summed E-state index contributed by atoms with van der Waals surface area (Å²) in [5.41, 5.74) is 0.815. The Bertz CT molecular complexity index is 327. The molecule has 0 aromatic heterocycles. The maximum atomic E-state index is 11.7. The molecule has 0 spiro atoms. The zero-order valence-electron chi connectivity index (χ0n) is 10.2. The number of para-hydroxylation sites is 1. The molecule has 4 heteroatoms. The molecule has 1 rings (SSSR count). The van der Waals surface area contributed by atoms with Crippen LogP contribution in [0.3, 0.4) is 0 Å². The van der Waals surface area contributed by atoms with Crippen molar-refractivity contribution >= 4 is 11.6 Å². The molecule has 0 unspecified atom stereocenters. The van der Waals surface area contributed by atoms with E-state index < -0.39 is 0 Å². The Balaban J connectivity index is 2.37. The summed E-state index contributed by atoms with van der Waals surface area (Å²) in [7, 11) is 0. The third-order valence-electron chi connectivity index (χ3n) is 2.50. The van der Waals surface area contributed by atoms with E-state index in [2.05, 4.69) is 5.32 Å². The van der Waals surface area contributed by atoms with Gasteiger partial charge in [0.05, 0.1) is 6.54 Å². The van der Waals surface area contributed by atoms with E-state index in [0.717, 1.165) is 18.8 Å². The summed E-state index contributed by atoms with van der Waals surface area (Å²) in [5.74, 6) is -0.0176. The molecule has 4 nitrogen and oxygen atoms in total. The largest absolute Gasteiger partial charge is 0.396 e. The maximum Gasteiger partial charge on any atom is 0.238 e. The highest BCUT2D eigenvalue weighted by atomic mass is 16.3. The average molecular weight is 236 g/mol. The number of hydrogen-bond donors (Lipinski definition) is 2. The summed E-state index contributed by atoms with van der Waals surface area (Å²) in [5, 5.41) is 11.6. The lowest BCUT2D eigenvalue weighted by molar-refractivity contribution is -0.117. The van der Waals surface area contributed by atoms with Gasteiger partial charge in [-0.3, -0.25) is 9.69 Å². The molecule has 0 aliphatic heterocycles. The minimum atomic E-state index is -0.0176. The lowest BCUT2D eigenvalue weighted by Gasteiger charge is -2.19. The molecule has 1 aromatic carbocycles. The first-order valence-electron chi connectivity index (χ1n) is 5.94. The van der Waals surface area contributed by atoms with Gasteiger partial charge >= 0.3 is 0 Å². The fourth-order valence-electron chi connectivity index (χ4n) is 1.57. The Morgan fingerprint density at radius 3 is 2.65 bits per heavy atom. The van der Waals surface area contributed by atoms with Gasteiger partial charge in [-0.1, -0.05) is 25.1 Å². The molecule has 0 atom stereocenters. The van der Waals surface area contributed by atoms with Gasteiger partial charge in [-0.05, 0) is 25.1 Å². The number of nitrogens with zero attached hydrogens (tertiary/aromatic N) is 1. The summed E-state index contributed by atoms with van der Waals surface area (Å²) in [6.07, 6.45) is 0.701. The summed E-state index contributed by atoms with van der Waals surface area (Å²) < 4.78 is 0. The monoisotopic (exact) mass is 236 g/mol. The first-order valence-corrected chi connectivity index (χ1v) is 5.94. The SMILES string of the molecule is CCN(CCCO)CC(=O)Nc1ccccc1. The molecule has 0 saturated heterocycles. The number of benzene rings is 1. The summed E-state index contributed by atoms with van der Waals surface area (Å²) in [4.78, 5) is 13.7. The Morgan fingerprint density at radius 1 is 1.35 bits per heavy atom. The Hall–Kier alpha value is -1.39. The highest BCUT2D eigenvalue weighted by Crippen LogP contribution is 2.04. The van der Waals surface area contributed by atoms with Crippen LogP contribution in [0.4, 0.5) is 5.69 Å². The fraction of sp³-hybridized carbons (Fsp3) is 0.462. The van der Waals surface area contributed by atoms with Crippen LogP contribution in [-0.2, 0) is 4.79 Å². The van der Waals surface area contributed by atoms with Gasteiger partial charge in [0.2, 0.25) is 5.91 Å². The lowest BCUT2D eigenvalue weighted by Crippen LogP contribution is -2.34. The van der Waals surface area contributed by atoms with E-state index in [1.54, 1.807) is 0 Å². The summed E-state index contributed by atoms with van der Waals surface area (Å²) in [6.45, 7) is 4.09. The second kappa shape index (κ2) is 7.81. The number of carbonyl (C=O) groups is 1. The zero-order valence-corrected chi connectivity index (χ0v) is 10.2. The van der Waals surface area contributed by atoms with Crippen LogP contribution in [0, 0.1) is 0 Å². The van der Waals surface area contributed by atoms with Gasteiger partial charge in [-0.15, -0.1) is 0 Å². The molecular weight excluding hydrogens is 216 g/mol. The fourth-order valence-corrected chi connectivity index (χ4v) is 1.57. The number of anilines is 1. The predicted octanol–water partition coefficient (Wildman–Crippen LogP) is 1.33. The maximum absolute atomic E-state index is 11.7. The number of rotatable bonds is 7. The van der Waals surface area contributed by atoms with Crippen molar-refractivity contribution in [3.8, 4) is 0 Å². The molecule has 0 aliphatic rings. The lowest BCUT2D eigenvalue weighted by atomic mass is 10.3. The number of aliphatic hydroxyl groups is 1. The molecule has 0 bridgehead atoms. The minimum absolute atomic E-state index is 0.0176. The van der Waals surface area contributed by atoms with Gasteiger partial charge in [0.1, 0.15) is 0 Å². The van der Waals surface area contributed by atoms with E-state index in [1.165, 1.54) is 0 Å².